The third-order valence-electron chi connectivity index (χ3n) is 1.43. The van der Waals surface area contributed by atoms with Crippen molar-refractivity contribution in [3.05, 3.63) is 32.7 Å². The molecule has 6 heteroatoms. The summed E-state index contributed by atoms with van der Waals surface area (Å²) in [5.74, 6) is -1.86. The molecule has 1 aromatic rings. The fourth-order valence-electron chi connectivity index (χ4n) is 0.824. The Morgan fingerprint density at radius 2 is 1.79 bits per heavy atom. The Hall–Kier alpha value is -0.360. The minimum Gasteiger partial charge on any atom is -0.284 e. The fraction of sp³-hybridized carbons (Fsp3) is 0.125. The number of ketones is 1. The zero-order valence-corrected chi connectivity index (χ0v) is 9.70. The van der Waals surface area contributed by atoms with E-state index in [1.54, 1.807) is 0 Å². The highest BCUT2D eigenvalue weighted by Crippen LogP contribution is 2.28. The molecule has 0 saturated carbocycles. The molecule has 1 aromatic carbocycles. The Labute approximate surface area is 94.6 Å². The summed E-state index contributed by atoms with van der Waals surface area (Å²) in [4.78, 5) is 10.9. The molecule has 0 aromatic heterocycles. The molecule has 0 atom stereocenters. The molecule has 0 bridgehead atoms. The summed E-state index contributed by atoms with van der Waals surface area (Å²) in [6.07, 6.45) is -4.84. The van der Waals surface area contributed by atoms with Crippen LogP contribution in [0.4, 0.5) is 13.2 Å². The lowest BCUT2D eigenvalue weighted by Gasteiger charge is -2.07. The van der Waals surface area contributed by atoms with Gasteiger partial charge in [-0.15, -0.1) is 0 Å². The zero-order valence-electron chi connectivity index (χ0n) is 6.53. The number of benzene rings is 1. The number of hydrogen-bond donors (Lipinski definition) is 0. The van der Waals surface area contributed by atoms with Gasteiger partial charge in [-0.05, 0) is 18.2 Å². The second-order valence-corrected chi connectivity index (χ2v) is 4.22. The highest BCUT2D eigenvalue weighted by atomic mass is 79.9. The van der Waals surface area contributed by atoms with Crippen molar-refractivity contribution in [1.29, 1.82) is 0 Å². The van der Waals surface area contributed by atoms with Crippen LogP contribution >= 0.6 is 31.9 Å². The molecular formula is C8H3Br2F3O. The molecule has 0 N–H and O–H groups in total. The highest BCUT2D eigenvalue weighted by Gasteiger charge is 2.40. The molecule has 0 fully saturated rings. The zero-order chi connectivity index (χ0) is 10.9. The van der Waals surface area contributed by atoms with Crippen molar-refractivity contribution in [1.82, 2.24) is 0 Å². The van der Waals surface area contributed by atoms with Gasteiger partial charge in [0.2, 0.25) is 0 Å². The third-order valence-corrected chi connectivity index (χ3v) is 2.62. The van der Waals surface area contributed by atoms with Crippen LogP contribution in [-0.2, 0) is 0 Å². The monoisotopic (exact) mass is 330 g/mol. The van der Waals surface area contributed by atoms with Crippen LogP contribution in [0.2, 0.25) is 0 Å². The van der Waals surface area contributed by atoms with Gasteiger partial charge in [-0.3, -0.25) is 4.79 Å². The van der Waals surface area contributed by atoms with E-state index in [1.165, 1.54) is 12.1 Å². The van der Waals surface area contributed by atoms with Crippen molar-refractivity contribution in [2.24, 2.45) is 0 Å². The number of Topliss-reactive ketones (excluding diaryl/α,β-unsaturated/α-hetero) is 1. The first-order valence-electron chi connectivity index (χ1n) is 3.39. The minimum absolute atomic E-state index is 0.128. The number of carbonyl (C=O) groups excluding carboxylic acids is 1. The van der Waals surface area contributed by atoms with Crippen molar-refractivity contribution < 1.29 is 18.0 Å². The van der Waals surface area contributed by atoms with E-state index < -0.39 is 17.5 Å². The summed E-state index contributed by atoms with van der Waals surface area (Å²) in [6, 6.07) is 4.04. The van der Waals surface area contributed by atoms with E-state index in [2.05, 4.69) is 31.9 Å². The first kappa shape index (κ1) is 11.7. The van der Waals surface area contributed by atoms with Crippen molar-refractivity contribution in [2.75, 3.05) is 0 Å². The van der Waals surface area contributed by atoms with E-state index in [9.17, 15) is 18.0 Å². The van der Waals surface area contributed by atoms with Crippen molar-refractivity contribution in [3.63, 3.8) is 0 Å². The van der Waals surface area contributed by atoms with E-state index in [0.717, 1.165) is 6.07 Å². The normalized spacial score (nSPS) is 11.5. The van der Waals surface area contributed by atoms with Crippen LogP contribution in [-0.4, -0.2) is 12.0 Å². The smallest absolute Gasteiger partial charge is 0.284 e. The third kappa shape index (κ3) is 2.57. The summed E-state index contributed by atoms with van der Waals surface area (Å²) < 4.78 is 36.7. The van der Waals surface area contributed by atoms with E-state index in [-0.39, 0.29) is 4.47 Å². The number of rotatable bonds is 1. The van der Waals surface area contributed by atoms with E-state index in [1.807, 2.05) is 0 Å². The van der Waals surface area contributed by atoms with Gasteiger partial charge in [-0.2, -0.15) is 13.2 Å². The van der Waals surface area contributed by atoms with Crippen LogP contribution in [0.15, 0.2) is 27.1 Å². The largest absolute Gasteiger partial charge is 0.454 e. The first-order valence-corrected chi connectivity index (χ1v) is 4.97. The topological polar surface area (TPSA) is 17.1 Å². The lowest BCUT2D eigenvalue weighted by molar-refractivity contribution is -0.0885. The lowest BCUT2D eigenvalue weighted by Crippen LogP contribution is -2.23. The van der Waals surface area contributed by atoms with Crippen molar-refractivity contribution >= 4 is 37.6 Å². The Balaban J connectivity index is 3.19. The van der Waals surface area contributed by atoms with Gasteiger partial charge in [0.25, 0.3) is 5.78 Å². The van der Waals surface area contributed by atoms with E-state index >= 15 is 0 Å². The van der Waals surface area contributed by atoms with E-state index in [4.69, 9.17) is 0 Å². The van der Waals surface area contributed by atoms with Gasteiger partial charge in [-0.25, -0.2) is 0 Å². The quantitative estimate of drug-likeness (QED) is 0.712. The second-order valence-electron chi connectivity index (χ2n) is 2.45. The summed E-state index contributed by atoms with van der Waals surface area (Å²) in [7, 11) is 0. The van der Waals surface area contributed by atoms with Crippen LogP contribution in [0.5, 0.6) is 0 Å². The molecule has 0 spiro atoms. The van der Waals surface area contributed by atoms with Crippen LogP contribution in [0.25, 0.3) is 0 Å². The molecular weight excluding hydrogens is 329 g/mol. The first-order chi connectivity index (χ1) is 6.32. The predicted octanol–water partition coefficient (Wildman–Crippen LogP) is 3.96. The molecule has 76 valence electrons. The molecule has 0 aliphatic carbocycles. The molecule has 14 heavy (non-hydrogen) atoms. The number of carbonyl (C=O) groups is 1. The maximum Gasteiger partial charge on any atom is 0.454 e. The molecule has 0 saturated heterocycles. The SMILES string of the molecule is O=C(c1cc(Br)ccc1Br)C(F)(F)F. The Morgan fingerprint density at radius 1 is 1.21 bits per heavy atom. The van der Waals surface area contributed by atoms with Gasteiger partial charge in [0, 0.05) is 14.5 Å². The Morgan fingerprint density at radius 3 is 2.29 bits per heavy atom. The molecule has 0 radical (unpaired) electrons. The summed E-state index contributed by atoms with van der Waals surface area (Å²) in [5.41, 5.74) is -0.396. The number of hydrogen-bond acceptors (Lipinski definition) is 1. The maximum absolute atomic E-state index is 12.1. The lowest BCUT2D eigenvalue weighted by atomic mass is 10.1. The molecule has 0 heterocycles. The van der Waals surface area contributed by atoms with Crippen LogP contribution < -0.4 is 0 Å². The summed E-state index contributed by atoms with van der Waals surface area (Å²) in [6.45, 7) is 0. The van der Waals surface area contributed by atoms with Gasteiger partial charge < -0.3 is 0 Å². The average molecular weight is 332 g/mol. The van der Waals surface area contributed by atoms with Gasteiger partial charge in [0.15, 0.2) is 0 Å². The summed E-state index contributed by atoms with van der Waals surface area (Å²) >= 11 is 5.87. The van der Waals surface area contributed by atoms with Crippen LogP contribution in [0, 0.1) is 0 Å². The van der Waals surface area contributed by atoms with Gasteiger partial charge in [0.1, 0.15) is 0 Å². The van der Waals surface area contributed by atoms with Crippen LogP contribution in [0.1, 0.15) is 10.4 Å². The molecule has 1 nitrogen and oxygen atoms in total. The van der Waals surface area contributed by atoms with Crippen LogP contribution in [0.3, 0.4) is 0 Å². The second kappa shape index (κ2) is 4.02. The van der Waals surface area contributed by atoms with Crippen molar-refractivity contribution in [3.8, 4) is 0 Å². The highest BCUT2D eigenvalue weighted by molar-refractivity contribution is 9.11. The Bertz CT molecular complexity index is 373. The average Bonchev–Trinajstić information content (AvgIpc) is 2.06. The van der Waals surface area contributed by atoms with Gasteiger partial charge in [-0.1, -0.05) is 31.9 Å². The standard InChI is InChI=1S/C8H3Br2F3O/c9-4-1-2-6(10)5(3-4)7(14)8(11,12)13/h1-3H. The van der Waals surface area contributed by atoms with Crippen molar-refractivity contribution in [2.45, 2.75) is 6.18 Å². The van der Waals surface area contributed by atoms with E-state index in [0.29, 0.717) is 4.47 Å². The summed E-state index contributed by atoms with van der Waals surface area (Å²) in [5, 5.41) is 0. The molecule has 0 amide bonds. The molecule has 0 aliphatic heterocycles. The molecule has 0 aliphatic rings. The molecule has 1 rings (SSSR count). The van der Waals surface area contributed by atoms with Gasteiger partial charge >= 0.3 is 6.18 Å². The fourth-order valence-corrected chi connectivity index (χ4v) is 1.61. The minimum atomic E-state index is -4.84. The number of alkyl halides is 3. The Kier molecular flexibility index (Phi) is 3.36. The molecule has 0 unspecified atom stereocenters. The predicted molar refractivity (Wildman–Crippen MR) is 52.2 cm³/mol. The maximum atomic E-state index is 12.1. The van der Waals surface area contributed by atoms with Gasteiger partial charge in [0.05, 0.1) is 0 Å². The number of halogens is 5.